The summed E-state index contributed by atoms with van der Waals surface area (Å²) in [5, 5.41) is 0. The van der Waals surface area contributed by atoms with Crippen molar-refractivity contribution >= 4 is 0 Å². The maximum Gasteiger partial charge on any atom is -0.0322 e. The normalized spacial score (nSPS) is 39.3. The second kappa shape index (κ2) is 4.11. The van der Waals surface area contributed by atoms with E-state index in [-0.39, 0.29) is 0 Å². The second-order valence-corrected chi connectivity index (χ2v) is 4.54. The van der Waals surface area contributed by atoms with Crippen LogP contribution in [-0.2, 0) is 0 Å². The van der Waals surface area contributed by atoms with Crippen LogP contribution < -0.4 is 0 Å². The van der Waals surface area contributed by atoms with Crippen molar-refractivity contribution in [3.63, 3.8) is 0 Å². The Morgan fingerprint density at radius 2 is 1.17 bits per heavy atom. The predicted molar refractivity (Wildman–Crippen MR) is 53.1 cm³/mol. The molecule has 1 fully saturated rings. The van der Waals surface area contributed by atoms with E-state index in [4.69, 9.17) is 0 Å². The van der Waals surface area contributed by atoms with Crippen LogP contribution in [0.4, 0.5) is 0 Å². The lowest BCUT2D eigenvalue weighted by molar-refractivity contribution is 0.307. The largest absolute Gasteiger partial charge is 0.0883 e. The predicted octanol–water partition coefficient (Wildman–Crippen LogP) is 3.92. The van der Waals surface area contributed by atoms with Gasteiger partial charge in [0.15, 0.2) is 0 Å². The van der Waals surface area contributed by atoms with Crippen molar-refractivity contribution in [2.24, 2.45) is 11.8 Å². The minimum Gasteiger partial charge on any atom is -0.0883 e. The van der Waals surface area contributed by atoms with Crippen LogP contribution in [0.15, 0.2) is 12.2 Å². The summed E-state index contributed by atoms with van der Waals surface area (Å²) >= 11 is 0. The Bertz CT molecular complexity index is 139. The molecule has 0 spiro atoms. The van der Waals surface area contributed by atoms with Gasteiger partial charge in [-0.2, -0.15) is 0 Å². The van der Waals surface area contributed by atoms with E-state index in [2.05, 4.69) is 12.2 Å². The highest BCUT2D eigenvalue weighted by molar-refractivity contribution is 4.89. The molecule has 1 saturated carbocycles. The van der Waals surface area contributed by atoms with Crippen LogP contribution in [0.25, 0.3) is 0 Å². The lowest BCUT2D eigenvalue weighted by Gasteiger charge is -2.25. The van der Waals surface area contributed by atoms with Crippen molar-refractivity contribution in [1.29, 1.82) is 0 Å². The van der Waals surface area contributed by atoms with Crippen LogP contribution >= 0.6 is 0 Å². The van der Waals surface area contributed by atoms with Crippen LogP contribution in [0.2, 0.25) is 0 Å². The fourth-order valence-corrected chi connectivity index (χ4v) is 2.67. The third kappa shape index (κ3) is 2.12. The van der Waals surface area contributed by atoms with Gasteiger partial charge in [0.1, 0.15) is 0 Å². The molecule has 0 aromatic heterocycles. The molecule has 0 radical (unpaired) electrons. The molecule has 0 nitrogen and oxygen atoms in total. The first kappa shape index (κ1) is 8.34. The first-order valence-corrected chi connectivity index (χ1v) is 5.60. The molecule has 0 N–H and O–H groups in total. The summed E-state index contributed by atoms with van der Waals surface area (Å²) in [6, 6.07) is 0. The molecule has 0 amide bonds. The summed E-state index contributed by atoms with van der Waals surface area (Å²) in [5.74, 6) is 2.06. The van der Waals surface area contributed by atoms with Gasteiger partial charge < -0.3 is 0 Å². The Labute approximate surface area is 76.1 Å². The van der Waals surface area contributed by atoms with Gasteiger partial charge in [-0.1, -0.05) is 37.8 Å². The van der Waals surface area contributed by atoms with E-state index in [0.29, 0.717) is 0 Å². The number of fused-ring (bicyclic) bond motifs is 3. The van der Waals surface area contributed by atoms with E-state index in [9.17, 15) is 0 Å². The second-order valence-electron chi connectivity index (χ2n) is 4.54. The average molecular weight is 164 g/mol. The van der Waals surface area contributed by atoms with E-state index < -0.39 is 0 Å². The molecule has 0 heterocycles. The fourth-order valence-electron chi connectivity index (χ4n) is 2.67. The van der Waals surface area contributed by atoms with Crippen LogP contribution in [-0.4, -0.2) is 0 Å². The molecule has 2 atom stereocenters. The van der Waals surface area contributed by atoms with Crippen molar-refractivity contribution in [1.82, 2.24) is 0 Å². The maximum atomic E-state index is 2.43. The summed E-state index contributed by atoms with van der Waals surface area (Å²) in [6.07, 6.45) is 16.6. The Morgan fingerprint density at radius 1 is 0.667 bits per heavy atom. The molecular weight excluding hydrogens is 144 g/mol. The molecule has 0 aliphatic heterocycles. The Kier molecular flexibility index (Phi) is 2.86. The Balaban J connectivity index is 2.02. The molecule has 2 unspecified atom stereocenters. The van der Waals surface area contributed by atoms with Crippen molar-refractivity contribution in [3.05, 3.63) is 12.2 Å². The molecule has 0 saturated heterocycles. The zero-order valence-corrected chi connectivity index (χ0v) is 7.97. The quantitative estimate of drug-likeness (QED) is 0.476. The highest BCUT2D eigenvalue weighted by Gasteiger charge is 2.17. The third-order valence-electron chi connectivity index (χ3n) is 3.56. The molecule has 0 aromatic carbocycles. The molecule has 2 aliphatic rings. The Morgan fingerprint density at radius 3 is 1.67 bits per heavy atom. The van der Waals surface area contributed by atoms with E-state index in [1.807, 2.05) is 0 Å². The van der Waals surface area contributed by atoms with Gasteiger partial charge in [-0.25, -0.2) is 0 Å². The Hall–Kier alpha value is -0.260. The van der Waals surface area contributed by atoms with Gasteiger partial charge in [0.25, 0.3) is 0 Å². The highest BCUT2D eigenvalue weighted by Crippen LogP contribution is 2.32. The van der Waals surface area contributed by atoms with E-state index in [1.165, 1.54) is 51.4 Å². The first-order chi connectivity index (χ1) is 5.95. The zero-order chi connectivity index (χ0) is 8.23. The highest BCUT2D eigenvalue weighted by atomic mass is 14.2. The third-order valence-corrected chi connectivity index (χ3v) is 3.56. The fraction of sp³-hybridized carbons (Fsp3) is 0.833. The van der Waals surface area contributed by atoms with Crippen LogP contribution in [0.1, 0.15) is 51.4 Å². The maximum absolute atomic E-state index is 2.43. The number of allylic oxidation sites excluding steroid dienone is 2. The van der Waals surface area contributed by atoms with Crippen molar-refractivity contribution in [2.45, 2.75) is 51.4 Å². The van der Waals surface area contributed by atoms with E-state index in [0.717, 1.165) is 11.8 Å². The van der Waals surface area contributed by atoms with Gasteiger partial charge in [0.2, 0.25) is 0 Å². The molecule has 0 aromatic rings. The van der Waals surface area contributed by atoms with Gasteiger partial charge in [0.05, 0.1) is 0 Å². The molecule has 2 aliphatic carbocycles. The SMILES string of the molecule is C1=C\CC2CCCCC(C/1)CC2. The van der Waals surface area contributed by atoms with E-state index >= 15 is 0 Å². The van der Waals surface area contributed by atoms with Gasteiger partial charge in [-0.3, -0.25) is 0 Å². The van der Waals surface area contributed by atoms with Crippen LogP contribution in [0, 0.1) is 11.8 Å². The topological polar surface area (TPSA) is 0 Å². The smallest absolute Gasteiger partial charge is 0.0322 e. The lowest BCUT2D eigenvalue weighted by atomic mass is 9.81. The first-order valence-electron chi connectivity index (χ1n) is 5.60. The van der Waals surface area contributed by atoms with Gasteiger partial charge in [-0.15, -0.1) is 0 Å². The van der Waals surface area contributed by atoms with E-state index in [1.54, 1.807) is 0 Å². The summed E-state index contributed by atoms with van der Waals surface area (Å²) in [5.41, 5.74) is 0. The average Bonchev–Trinajstić information content (AvgIpc) is 2.03. The van der Waals surface area contributed by atoms with Crippen molar-refractivity contribution in [2.75, 3.05) is 0 Å². The van der Waals surface area contributed by atoms with Crippen molar-refractivity contribution in [3.8, 4) is 0 Å². The van der Waals surface area contributed by atoms with Gasteiger partial charge in [-0.05, 0) is 37.5 Å². The lowest BCUT2D eigenvalue weighted by Crippen LogP contribution is -2.11. The molecule has 2 bridgehead atoms. The number of hydrogen-bond donors (Lipinski definition) is 0. The molecule has 2 rings (SSSR count). The molecule has 12 heavy (non-hydrogen) atoms. The monoisotopic (exact) mass is 164 g/mol. The number of rotatable bonds is 0. The molecule has 0 heteroatoms. The summed E-state index contributed by atoms with van der Waals surface area (Å²) in [7, 11) is 0. The zero-order valence-electron chi connectivity index (χ0n) is 7.97. The van der Waals surface area contributed by atoms with Crippen molar-refractivity contribution < 1.29 is 0 Å². The summed E-state index contributed by atoms with van der Waals surface area (Å²) < 4.78 is 0. The van der Waals surface area contributed by atoms with Gasteiger partial charge in [0, 0.05) is 0 Å². The standard InChI is InChI=1S/C12H20/c1-2-6-12-8-4-3-7-11(5-1)9-10-12/h1-2,11-12H,3-10H2/b2-1-. The minimum absolute atomic E-state index is 1.03. The molecular formula is C12H20. The minimum atomic E-state index is 1.03. The summed E-state index contributed by atoms with van der Waals surface area (Å²) in [6.45, 7) is 0. The molecule has 68 valence electrons. The summed E-state index contributed by atoms with van der Waals surface area (Å²) in [4.78, 5) is 0. The van der Waals surface area contributed by atoms with Gasteiger partial charge >= 0.3 is 0 Å². The van der Waals surface area contributed by atoms with Crippen LogP contribution in [0.3, 0.4) is 0 Å². The van der Waals surface area contributed by atoms with Crippen LogP contribution in [0.5, 0.6) is 0 Å². The number of hydrogen-bond acceptors (Lipinski definition) is 0.